The number of thiophene rings is 2. The fourth-order valence-corrected chi connectivity index (χ4v) is 7.24. The Bertz CT molecular complexity index is 1210. The zero-order valence-electron chi connectivity index (χ0n) is 17.6. The van der Waals surface area contributed by atoms with Crippen LogP contribution in [-0.4, -0.2) is 61.4 Å². The van der Waals surface area contributed by atoms with Crippen LogP contribution in [0.3, 0.4) is 0 Å². The van der Waals surface area contributed by atoms with E-state index in [1.165, 1.54) is 33.5 Å². The summed E-state index contributed by atoms with van der Waals surface area (Å²) in [6.45, 7) is 4.80. The van der Waals surface area contributed by atoms with E-state index in [0.717, 1.165) is 66.5 Å². The number of rotatable bonds is 6. The SMILES string of the molecule is c1csc(Cn2nnnc2Sc2nc(CN3CCOCC3)nc3sc4c(c23)CCCC4)c1. The highest BCUT2D eigenvalue weighted by atomic mass is 32.2. The number of tetrazole rings is 1. The van der Waals surface area contributed by atoms with Crippen LogP contribution in [-0.2, 0) is 30.7 Å². The second kappa shape index (κ2) is 9.14. The summed E-state index contributed by atoms with van der Waals surface area (Å²) >= 11 is 5.13. The highest BCUT2D eigenvalue weighted by molar-refractivity contribution is 7.99. The number of aryl methyl sites for hydroxylation is 2. The number of aromatic nitrogens is 6. The normalized spacial score (nSPS) is 17.1. The quantitative estimate of drug-likeness (QED) is 0.383. The summed E-state index contributed by atoms with van der Waals surface area (Å²) in [5.74, 6) is 0.873. The minimum atomic E-state index is 0.670. The second-order valence-corrected chi connectivity index (χ2v) is 11.1. The number of morpholine rings is 1. The molecule has 0 spiro atoms. The molecular formula is C21H23N7OS3. The van der Waals surface area contributed by atoms with E-state index in [-0.39, 0.29) is 0 Å². The van der Waals surface area contributed by atoms with Gasteiger partial charge in [0.1, 0.15) is 15.7 Å². The fraction of sp³-hybridized carbons (Fsp3) is 0.476. The molecule has 0 atom stereocenters. The van der Waals surface area contributed by atoms with E-state index in [2.05, 4.69) is 37.9 Å². The Morgan fingerprint density at radius 1 is 1.09 bits per heavy atom. The van der Waals surface area contributed by atoms with E-state index in [1.807, 2.05) is 16.0 Å². The van der Waals surface area contributed by atoms with Gasteiger partial charge in [-0.1, -0.05) is 6.07 Å². The molecule has 32 heavy (non-hydrogen) atoms. The van der Waals surface area contributed by atoms with Crippen LogP contribution in [0.2, 0.25) is 0 Å². The van der Waals surface area contributed by atoms with Gasteiger partial charge in [0.2, 0.25) is 5.16 Å². The average Bonchev–Trinajstić information content (AvgIpc) is 3.55. The van der Waals surface area contributed by atoms with E-state index in [1.54, 1.807) is 23.1 Å². The lowest BCUT2D eigenvalue weighted by Crippen LogP contribution is -2.36. The van der Waals surface area contributed by atoms with Crippen LogP contribution in [0.1, 0.15) is 34.0 Å². The third-order valence-corrected chi connectivity index (χ3v) is 8.88. The molecule has 1 fully saturated rings. The van der Waals surface area contributed by atoms with E-state index >= 15 is 0 Å². The van der Waals surface area contributed by atoms with Gasteiger partial charge in [-0.05, 0) is 64.9 Å². The highest BCUT2D eigenvalue weighted by Crippen LogP contribution is 2.41. The fourth-order valence-electron chi connectivity index (χ4n) is 4.28. The minimum absolute atomic E-state index is 0.670. The van der Waals surface area contributed by atoms with Crippen LogP contribution >= 0.6 is 34.4 Å². The molecule has 166 valence electrons. The number of ether oxygens (including phenoxy) is 1. The summed E-state index contributed by atoms with van der Waals surface area (Å²) in [7, 11) is 0. The predicted octanol–water partition coefficient (Wildman–Crippen LogP) is 3.65. The maximum absolute atomic E-state index is 5.50. The molecule has 4 aromatic rings. The summed E-state index contributed by atoms with van der Waals surface area (Å²) in [5, 5.41) is 17.6. The van der Waals surface area contributed by atoms with Crippen molar-refractivity contribution >= 4 is 44.7 Å². The second-order valence-electron chi connectivity index (χ2n) is 8.03. The molecule has 0 unspecified atom stereocenters. The van der Waals surface area contributed by atoms with Crippen molar-refractivity contribution in [3.05, 3.63) is 38.7 Å². The topological polar surface area (TPSA) is 81.9 Å². The molecule has 2 aliphatic rings. The summed E-state index contributed by atoms with van der Waals surface area (Å²) in [5.41, 5.74) is 1.44. The van der Waals surface area contributed by atoms with E-state index in [9.17, 15) is 0 Å². The summed E-state index contributed by atoms with van der Waals surface area (Å²) < 4.78 is 7.37. The summed E-state index contributed by atoms with van der Waals surface area (Å²) in [6.07, 6.45) is 4.74. The number of fused-ring (bicyclic) bond motifs is 3. The van der Waals surface area contributed by atoms with Crippen molar-refractivity contribution < 1.29 is 4.74 Å². The molecule has 1 saturated heterocycles. The molecule has 6 rings (SSSR count). The zero-order chi connectivity index (χ0) is 21.3. The number of hydrogen-bond acceptors (Lipinski definition) is 10. The predicted molar refractivity (Wildman–Crippen MR) is 126 cm³/mol. The molecule has 0 bridgehead atoms. The Morgan fingerprint density at radius 2 is 2.00 bits per heavy atom. The molecule has 8 nitrogen and oxygen atoms in total. The van der Waals surface area contributed by atoms with Gasteiger partial charge in [0.15, 0.2) is 0 Å². The van der Waals surface area contributed by atoms with Gasteiger partial charge in [0.25, 0.3) is 0 Å². The van der Waals surface area contributed by atoms with Crippen LogP contribution in [0.4, 0.5) is 0 Å². The van der Waals surface area contributed by atoms with Crippen molar-refractivity contribution in [2.45, 2.75) is 49.0 Å². The first-order valence-electron chi connectivity index (χ1n) is 10.9. The van der Waals surface area contributed by atoms with Gasteiger partial charge in [0, 0.05) is 28.2 Å². The maximum Gasteiger partial charge on any atom is 0.215 e. The van der Waals surface area contributed by atoms with Gasteiger partial charge in [-0.15, -0.1) is 27.8 Å². The van der Waals surface area contributed by atoms with Crippen LogP contribution < -0.4 is 0 Å². The molecular weight excluding hydrogens is 462 g/mol. The average molecular weight is 486 g/mol. The first-order valence-corrected chi connectivity index (χ1v) is 13.4. The van der Waals surface area contributed by atoms with Gasteiger partial charge in [-0.2, -0.15) is 0 Å². The standard InChI is InChI=1S/C21H23N7OS3/c1-2-6-16-15(5-1)18-19(31-16)22-17(13-27-7-9-29-10-8-27)23-20(18)32-21-24-25-26-28(21)12-14-4-3-11-30-14/h3-4,11H,1-2,5-10,12-13H2. The van der Waals surface area contributed by atoms with Gasteiger partial charge in [0.05, 0.1) is 26.3 Å². The summed E-state index contributed by atoms with van der Waals surface area (Å²) in [4.78, 5) is 16.2. The van der Waals surface area contributed by atoms with Gasteiger partial charge >= 0.3 is 0 Å². The van der Waals surface area contributed by atoms with Crippen LogP contribution in [0, 0.1) is 0 Å². The lowest BCUT2D eigenvalue weighted by Gasteiger charge is -2.25. The smallest absolute Gasteiger partial charge is 0.215 e. The molecule has 5 heterocycles. The van der Waals surface area contributed by atoms with Gasteiger partial charge < -0.3 is 4.74 Å². The van der Waals surface area contributed by atoms with Crippen LogP contribution in [0.15, 0.2) is 27.7 Å². The number of nitrogens with zero attached hydrogens (tertiary/aromatic N) is 7. The van der Waals surface area contributed by atoms with Crippen LogP contribution in [0.25, 0.3) is 10.2 Å². The molecule has 0 radical (unpaired) electrons. The number of hydrogen-bond donors (Lipinski definition) is 0. The van der Waals surface area contributed by atoms with E-state index in [4.69, 9.17) is 14.7 Å². The molecule has 1 aliphatic carbocycles. The minimum Gasteiger partial charge on any atom is -0.379 e. The Labute approximate surface area is 198 Å². The molecule has 1 aliphatic heterocycles. The van der Waals surface area contributed by atoms with Gasteiger partial charge in [-0.25, -0.2) is 14.6 Å². The van der Waals surface area contributed by atoms with Crippen molar-refractivity contribution in [1.82, 2.24) is 35.1 Å². The molecule has 4 aromatic heterocycles. The first-order chi connectivity index (χ1) is 15.8. The largest absolute Gasteiger partial charge is 0.379 e. The molecule has 0 amide bonds. The molecule has 0 N–H and O–H groups in total. The van der Waals surface area contributed by atoms with Gasteiger partial charge in [-0.3, -0.25) is 4.90 Å². The Kier molecular flexibility index (Phi) is 5.91. The van der Waals surface area contributed by atoms with Crippen molar-refractivity contribution in [3.63, 3.8) is 0 Å². The highest BCUT2D eigenvalue weighted by Gasteiger charge is 2.24. The van der Waals surface area contributed by atoms with Crippen molar-refractivity contribution in [3.8, 4) is 0 Å². The lowest BCUT2D eigenvalue weighted by molar-refractivity contribution is 0.0330. The van der Waals surface area contributed by atoms with E-state index in [0.29, 0.717) is 6.54 Å². The lowest BCUT2D eigenvalue weighted by atomic mass is 9.97. The Hall–Kier alpha value is -1.92. The maximum atomic E-state index is 5.50. The Balaban J connectivity index is 1.37. The molecule has 0 aromatic carbocycles. The summed E-state index contributed by atoms with van der Waals surface area (Å²) in [6, 6.07) is 4.17. The van der Waals surface area contributed by atoms with Crippen molar-refractivity contribution in [2.24, 2.45) is 0 Å². The molecule has 11 heteroatoms. The Morgan fingerprint density at radius 3 is 2.88 bits per heavy atom. The first kappa shape index (κ1) is 20.7. The third kappa shape index (κ3) is 4.19. The van der Waals surface area contributed by atoms with Crippen LogP contribution in [0.5, 0.6) is 0 Å². The van der Waals surface area contributed by atoms with Crippen molar-refractivity contribution in [2.75, 3.05) is 26.3 Å². The van der Waals surface area contributed by atoms with Crippen molar-refractivity contribution in [1.29, 1.82) is 0 Å². The molecule has 0 saturated carbocycles. The zero-order valence-corrected chi connectivity index (χ0v) is 20.0. The van der Waals surface area contributed by atoms with E-state index < -0.39 is 0 Å². The third-order valence-electron chi connectivity index (χ3n) is 5.87. The monoisotopic (exact) mass is 485 g/mol.